The number of hydrogen-bond acceptors (Lipinski definition) is 3. The Morgan fingerprint density at radius 1 is 1.27 bits per heavy atom. The van der Waals surface area contributed by atoms with Gasteiger partial charge in [-0.2, -0.15) is 5.10 Å². The van der Waals surface area contributed by atoms with E-state index in [1.165, 1.54) is 0 Å². The summed E-state index contributed by atoms with van der Waals surface area (Å²) in [4.78, 5) is 5.00. The van der Waals surface area contributed by atoms with Gasteiger partial charge >= 0.3 is 0 Å². The van der Waals surface area contributed by atoms with Crippen LogP contribution in [0.4, 0.5) is 0 Å². The molecule has 0 radical (unpaired) electrons. The van der Waals surface area contributed by atoms with E-state index in [2.05, 4.69) is 10.1 Å². The number of halogens is 1. The minimum atomic E-state index is 0.729. The molecule has 0 spiro atoms. The van der Waals surface area contributed by atoms with E-state index in [1.54, 1.807) is 22.2 Å². The second kappa shape index (κ2) is 3.32. The van der Waals surface area contributed by atoms with Crippen LogP contribution >= 0.6 is 22.9 Å². The zero-order valence-electron chi connectivity index (χ0n) is 7.59. The van der Waals surface area contributed by atoms with Crippen LogP contribution in [-0.4, -0.2) is 14.6 Å². The van der Waals surface area contributed by atoms with Crippen LogP contribution < -0.4 is 0 Å². The van der Waals surface area contributed by atoms with Crippen LogP contribution in [0.25, 0.3) is 16.2 Å². The second-order valence-corrected chi connectivity index (χ2v) is 4.30. The van der Waals surface area contributed by atoms with Gasteiger partial charge in [-0.15, -0.1) is 11.3 Å². The molecule has 3 rings (SSSR count). The summed E-state index contributed by atoms with van der Waals surface area (Å²) in [5.74, 6) is 0. The molecule has 1 aromatic carbocycles. The summed E-state index contributed by atoms with van der Waals surface area (Å²) in [6.45, 7) is 0. The molecule has 0 bridgehead atoms. The topological polar surface area (TPSA) is 30.2 Å². The Morgan fingerprint density at radius 3 is 3.00 bits per heavy atom. The lowest BCUT2D eigenvalue weighted by molar-refractivity contribution is 0.984. The van der Waals surface area contributed by atoms with Gasteiger partial charge in [0.25, 0.3) is 0 Å². The molecule has 0 aliphatic carbocycles. The molecule has 5 heteroatoms. The number of fused-ring (bicyclic) bond motifs is 1. The van der Waals surface area contributed by atoms with Gasteiger partial charge in [-0.3, -0.25) is 0 Å². The Hall–Kier alpha value is -1.39. The number of nitrogens with zero attached hydrogens (tertiary/aromatic N) is 3. The molecule has 3 aromatic rings. The standard InChI is InChI=1S/C10H6ClN3S/c11-8-4-2-1-3-7(8)9-5-15-10-12-6-13-14(9)10/h1-6H. The van der Waals surface area contributed by atoms with Gasteiger partial charge in [0, 0.05) is 16.0 Å². The molecule has 74 valence electrons. The van der Waals surface area contributed by atoms with Crippen LogP contribution in [0.3, 0.4) is 0 Å². The van der Waals surface area contributed by atoms with E-state index in [0.29, 0.717) is 0 Å². The van der Waals surface area contributed by atoms with Crippen molar-refractivity contribution >= 4 is 27.9 Å². The third-order valence-corrected chi connectivity index (χ3v) is 3.33. The number of hydrogen-bond donors (Lipinski definition) is 0. The van der Waals surface area contributed by atoms with Crippen molar-refractivity contribution in [1.82, 2.24) is 14.6 Å². The monoisotopic (exact) mass is 235 g/mol. The van der Waals surface area contributed by atoms with Crippen molar-refractivity contribution in [3.05, 3.63) is 41.0 Å². The number of aromatic nitrogens is 3. The fraction of sp³-hybridized carbons (Fsp3) is 0. The highest BCUT2D eigenvalue weighted by Gasteiger charge is 2.09. The van der Waals surface area contributed by atoms with E-state index in [-0.39, 0.29) is 0 Å². The summed E-state index contributed by atoms with van der Waals surface area (Å²) in [6, 6.07) is 7.72. The Bertz CT molecular complexity index is 614. The van der Waals surface area contributed by atoms with Crippen LogP contribution in [-0.2, 0) is 0 Å². The summed E-state index contributed by atoms with van der Waals surface area (Å²) >= 11 is 7.68. The maximum Gasteiger partial charge on any atom is 0.212 e. The molecule has 0 saturated carbocycles. The minimum absolute atomic E-state index is 0.729. The van der Waals surface area contributed by atoms with E-state index in [9.17, 15) is 0 Å². The van der Waals surface area contributed by atoms with Crippen molar-refractivity contribution in [1.29, 1.82) is 0 Å². The van der Waals surface area contributed by atoms with Gasteiger partial charge < -0.3 is 0 Å². The van der Waals surface area contributed by atoms with E-state index >= 15 is 0 Å². The zero-order chi connectivity index (χ0) is 10.3. The molecule has 15 heavy (non-hydrogen) atoms. The lowest BCUT2D eigenvalue weighted by Gasteiger charge is -2.00. The molecule has 0 atom stereocenters. The first-order valence-corrected chi connectivity index (χ1v) is 5.64. The van der Waals surface area contributed by atoms with Gasteiger partial charge in [-0.05, 0) is 6.07 Å². The normalized spacial score (nSPS) is 11.0. The first-order chi connectivity index (χ1) is 7.36. The quantitative estimate of drug-likeness (QED) is 0.649. The molecule has 0 aliphatic rings. The van der Waals surface area contributed by atoms with E-state index in [0.717, 1.165) is 21.2 Å². The molecule has 0 aliphatic heterocycles. The fourth-order valence-corrected chi connectivity index (χ4v) is 2.51. The van der Waals surface area contributed by atoms with Gasteiger partial charge in [0.2, 0.25) is 4.96 Å². The highest BCUT2D eigenvalue weighted by molar-refractivity contribution is 7.15. The third-order valence-electron chi connectivity index (χ3n) is 2.17. The number of benzene rings is 1. The summed E-state index contributed by atoms with van der Waals surface area (Å²) in [5.41, 5.74) is 1.97. The van der Waals surface area contributed by atoms with Crippen molar-refractivity contribution < 1.29 is 0 Å². The third kappa shape index (κ3) is 1.33. The molecule has 2 heterocycles. The SMILES string of the molecule is Clc1ccccc1-c1csc2ncnn12. The molecule has 2 aromatic heterocycles. The lowest BCUT2D eigenvalue weighted by Crippen LogP contribution is -1.87. The lowest BCUT2D eigenvalue weighted by atomic mass is 10.2. The van der Waals surface area contributed by atoms with Crippen molar-refractivity contribution in [3.63, 3.8) is 0 Å². The van der Waals surface area contributed by atoms with Gasteiger partial charge in [-0.25, -0.2) is 9.50 Å². The molecule has 0 unspecified atom stereocenters. The smallest absolute Gasteiger partial charge is 0.206 e. The van der Waals surface area contributed by atoms with Crippen LogP contribution in [0.1, 0.15) is 0 Å². The average Bonchev–Trinajstić information content (AvgIpc) is 2.80. The highest BCUT2D eigenvalue weighted by Crippen LogP contribution is 2.29. The predicted molar refractivity (Wildman–Crippen MR) is 61.3 cm³/mol. The molecule has 0 fully saturated rings. The molecular weight excluding hydrogens is 230 g/mol. The van der Waals surface area contributed by atoms with Gasteiger partial charge in [0.15, 0.2) is 0 Å². The maximum atomic E-state index is 6.13. The van der Waals surface area contributed by atoms with Crippen molar-refractivity contribution in [2.45, 2.75) is 0 Å². The summed E-state index contributed by atoms with van der Waals surface area (Å²) < 4.78 is 1.80. The van der Waals surface area contributed by atoms with Gasteiger partial charge in [0.05, 0.1) is 5.69 Å². The minimum Gasteiger partial charge on any atom is -0.206 e. The van der Waals surface area contributed by atoms with Crippen LogP contribution in [0.15, 0.2) is 36.0 Å². The van der Waals surface area contributed by atoms with E-state index < -0.39 is 0 Å². The Morgan fingerprint density at radius 2 is 2.13 bits per heavy atom. The molecule has 0 N–H and O–H groups in total. The van der Waals surface area contributed by atoms with Crippen LogP contribution in [0, 0.1) is 0 Å². The molecule has 3 nitrogen and oxygen atoms in total. The number of thiazole rings is 1. The Labute approximate surface area is 95.0 Å². The van der Waals surface area contributed by atoms with Crippen LogP contribution in [0.5, 0.6) is 0 Å². The predicted octanol–water partition coefficient (Wildman–Crippen LogP) is 3.11. The van der Waals surface area contributed by atoms with Crippen molar-refractivity contribution in [2.24, 2.45) is 0 Å². The van der Waals surface area contributed by atoms with E-state index in [1.807, 2.05) is 29.6 Å². The number of rotatable bonds is 1. The first-order valence-electron chi connectivity index (χ1n) is 4.38. The molecule has 0 saturated heterocycles. The first kappa shape index (κ1) is 8.88. The maximum absolute atomic E-state index is 6.13. The zero-order valence-corrected chi connectivity index (χ0v) is 9.16. The van der Waals surface area contributed by atoms with Crippen molar-refractivity contribution in [2.75, 3.05) is 0 Å². The van der Waals surface area contributed by atoms with Crippen molar-refractivity contribution in [3.8, 4) is 11.3 Å². The van der Waals surface area contributed by atoms with Crippen LogP contribution in [0.2, 0.25) is 5.02 Å². The second-order valence-electron chi connectivity index (χ2n) is 3.06. The van der Waals surface area contributed by atoms with E-state index in [4.69, 9.17) is 11.6 Å². The largest absolute Gasteiger partial charge is 0.212 e. The van der Waals surface area contributed by atoms with Gasteiger partial charge in [0.1, 0.15) is 6.33 Å². The van der Waals surface area contributed by atoms with Gasteiger partial charge in [-0.1, -0.05) is 29.8 Å². The molecular formula is C10H6ClN3S. The highest BCUT2D eigenvalue weighted by atomic mass is 35.5. The molecule has 0 amide bonds. The summed E-state index contributed by atoms with van der Waals surface area (Å²) in [5, 5.41) is 6.89. The Balaban J connectivity index is 2.31. The summed E-state index contributed by atoms with van der Waals surface area (Å²) in [7, 11) is 0. The Kier molecular flexibility index (Phi) is 1.97. The summed E-state index contributed by atoms with van der Waals surface area (Å²) in [6.07, 6.45) is 1.55. The average molecular weight is 236 g/mol. The fourth-order valence-electron chi connectivity index (χ4n) is 1.48.